The van der Waals surface area contributed by atoms with Gasteiger partial charge in [-0.3, -0.25) is 4.79 Å². The number of nitrogens with one attached hydrogen (secondary N) is 1. The number of hydrogen-bond acceptors (Lipinski definition) is 4. The maximum Gasteiger partial charge on any atom is 0.277 e. The quantitative estimate of drug-likeness (QED) is 0.455. The van der Waals surface area contributed by atoms with Gasteiger partial charge >= 0.3 is 0 Å². The predicted molar refractivity (Wildman–Crippen MR) is 104 cm³/mol. The largest absolute Gasteiger partial charge is 0.507 e. The van der Waals surface area contributed by atoms with Gasteiger partial charge in [-0.05, 0) is 49.9 Å². The predicted octanol–water partition coefficient (Wildman–Crippen LogP) is 3.58. The van der Waals surface area contributed by atoms with Gasteiger partial charge in [0, 0.05) is 5.56 Å². The van der Waals surface area contributed by atoms with E-state index in [1.807, 2.05) is 45.0 Å². The van der Waals surface area contributed by atoms with E-state index in [0.717, 1.165) is 22.3 Å². The average Bonchev–Trinajstić information content (AvgIpc) is 2.57. The van der Waals surface area contributed by atoms with E-state index < -0.39 is 0 Å². The number of aromatic hydroxyl groups is 1. The van der Waals surface area contributed by atoms with Crippen LogP contribution in [0.15, 0.2) is 48.1 Å². The highest BCUT2D eigenvalue weighted by molar-refractivity contribution is 5.86. The normalized spacial score (nSPS) is 10.7. The molecule has 0 saturated heterocycles. The van der Waals surface area contributed by atoms with E-state index in [0.29, 0.717) is 17.7 Å². The summed E-state index contributed by atoms with van der Waals surface area (Å²) in [5.74, 6) is 0.472. The number of allylic oxidation sites excluding steroid dienone is 1. The summed E-state index contributed by atoms with van der Waals surface area (Å²) in [7, 11) is 0. The van der Waals surface area contributed by atoms with Crippen molar-refractivity contribution in [1.82, 2.24) is 5.43 Å². The highest BCUT2D eigenvalue weighted by Crippen LogP contribution is 2.24. The number of phenolic OH excluding ortho intramolecular Hbond substituents is 1. The molecule has 26 heavy (non-hydrogen) atoms. The number of benzene rings is 2. The molecule has 0 bridgehead atoms. The van der Waals surface area contributed by atoms with Crippen LogP contribution in [0.1, 0.15) is 27.8 Å². The average molecular weight is 352 g/mol. The van der Waals surface area contributed by atoms with Crippen LogP contribution in [0.3, 0.4) is 0 Å². The minimum Gasteiger partial charge on any atom is -0.507 e. The lowest BCUT2D eigenvalue weighted by atomic mass is 10.1. The van der Waals surface area contributed by atoms with Gasteiger partial charge in [0.15, 0.2) is 6.61 Å². The van der Waals surface area contributed by atoms with Crippen molar-refractivity contribution in [1.29, 1.82) is 0 Å². The van der Waals surface area contributed by atoms with Crippen LogP contribution < -0.4 is 10.2 Å². The number of rotatable bonds is 7. The Morgan fingerprint density at radius 3 is 2.62 bits per heavy atom. The fourth-order valence-electron chi connectivity index (χ4n) is 2.77. The number of carbonyl (C=O) groups excluding carboxylic acids is 1. The summed E-state index contributed by atoms with van der Waals surface area (Å²) in [6.45, 7) is 9.44. The first-order chi connectivity index (χ1) is 12.4. The summed E-state index contributed by atoms with van der Waals surface area (Å²) < 4.78 is 5.62. The number of amides is 1. The fourth-order valence-corrected chi connectivity index (χ4v) is 2.77. The molecule has 0 radical (unpaired) electrons. The van der Waals surface area contributed by atoms with Crippen molar-refractivity contribution in [3.63, 3.8) is 0 Å². The molecule has 0 fully saturated rings. The zero-order valence-electron chi connectivity index (χ0n) is 15.4. The highest BCUT2D eigenvalue weighted by atomic mass is 16.5. The molecular formula is C21H24N2O3. The first kappa shape index (κ1) is 19.2. The van der Waals surface area contributed by atoms with E-state index in [4.69, 9.17) is 4.74 Å². The van der Waals surface area contributed by atoms with Crippen LogP contribution in [0.5, 0.6) is 11.5 Å². The van der Waals surface area contributed by atoms with Crippen LogP contribution in [-0.2, 0) is 11.2 Å². The Balaban J connectivity index is 1.94. The molecule has 136 valence electrons. The molecule has 0 saturated carbocycles. The lowest BCUT2D eigenvalue weighted by molar-refractivity contribution is -0.123. The SMILES string of the molecule is C=CCc1cccc(/C=N/NC(=O)COc2c(C)cc(C)cc2C)c1O. The number of carbonyl (C=O) groups is 1. The van der Waals surface area contributed by atoms with Crippen molar-refractivity contribution in [2.24, 2.45) is 5.10 Å². The first-order valence-corrected chi connectivity index (χ1v) is 8.36. The van der Waals surface area contributed by atoms with Gasteiger partial charge in [0.25, 0.3) is 5.91 Å². The molecule has 2 rings (SSSR count). The Hall–Kier alpha value is -3.08. The van der Waals surface area contributed by atoms with Gasteiger partial charge < -0.3 is 9.84 Å². The van der Waals surface area contributed by atoms with Crippen molar-refractivity contribution in [2.45, 2.75) is 27.2 Å². The molecule has 5 heteroatoms. The first-order valence-electron chi connectivity index (χ1n) is 8.36. The van der Waals surface area contributed by atoms with Gasteiger partial charge in [-0.15, -0.1) is 6.58 Å². The summed E-state index contributed by atoms with van der Waals surface area (Å²) in [6, 6.07) is 9.36. The zero-order valence-corrected chi connectivity index (χ0v) is 15.4. The maximum absolute atomic E-state index is 11.9. The molecular weight excluding hydrogens is 328 g/mol. The molecule has 2 aromatic carbocycles. The van der Waals surface area contributed by atoms with E-state index in [9.17, 15) is 9.90 Å². The number of para-hydroxylation sites is 1. The molecule has 0 unspecified atom stereocenters. The second kappa shape index (κ2) is 8.85. The van der Waals surface area contributed by atoms with Crippen LogP contribution >= 0.6 is 0 Å². The van der Waals surface area contributed by atoms with Gasteiger partial charge in [0.1, 0.15) is 11.5 Å². The summed E-state index contributed by atoms with van der Waals surface area (Å²) in [6.07, 6.45) is 3.68. The van der Waals surface area contributed by atoms with Crippen molar-refractivity contribution in [3.8, 4) is 11.5 Å². The molecule has 0 aliphatic heterocycles. The molecule has 2 N–H and O–H groups in total. The monoisotopic (exact) mass is 352 g/mol. The van der Waals surface area contributed by atoms with Crippen LogP contribution in [0.2, 0.25) is 0 Å². The van der Waals surface area contributed by atoms with E-state index >= 15 is 0 Å². The van der Waals surface area contributed by atoms with Crippen LogP contribution in [-0.4, -0.2) is 23.8 Å². The smallest absolute Gasteiger partial charge is 0.277 e. The van der Waals surface area contributed by atoms with Gasteiger partial charge in [-0.2, -0.15) is 5.10 Å². The number of nitrogens with zero attached hydrogens (tertiary/aromatic N) is 1. The molecule has 0 aliphatic carbocycles. The Morgan fingerprint density at radius 2 is 1.96 bits per heavy atom. The van der Waals surface area contributed by atoms with Gasteiger partial charge in [-0.1, -0.05) is 35.9 Å². The topological polar surface area (TPSA) is 70.9 Å². The maximum atomic E-state index is 11.9. The third kappa shape index (κ3) is 4.96. The van der Waals surface area contributed by atoms with Crippen molar-refractivity contribution >= 4 is 12.1 Å². The zero-order chi connectivity index (χ0) is 19.1. The summed E-state index contributed by atoms with van der Waals surface area (Å²) in [4.78, 5) is 11.9. The Morgan fingerprint density at radius 1 is 1.27 bits per heavy atom. The number of ether oxygens (including phenoxy) is 1. The summed E-state index contributed by atoms with van der Waals surface area (Å²) in [5, 5.41) is 14.0. The number of hydrazone groups is 1. The highest BCUT2D eigenvalue weighted by Gasteiger charge is 2.08. The molecule has 2 aromatic rings. The van der Waals surface area contributed by atoms with Gasteiger partial charge in [-0.25, -0.2) is 5.43 Å². The summed E-state index contributed by atoms with van der Waals surface area (Å²) >= 11 is 0. The second-order valence-corrected chi connectivity index (χ2v) is 6.16. The lowest BCUT2D eigenvalue weighted by Gasteiger charge is -2.12. The number of aryl methyl sites for hydroxylation is 3. The molecule has 0 heterocycles. The van der Waals surface area contributed by atoms with E-state index in [2.05, 4.69) is 17.1 Å². The van der Waals surface area contributed by atoms with Gasteiger partial charge in [0.05, 0.1) is 6.21 Å². The molecule has 1 amide bonds. The van der Waals surface area contributed by atoms with Crippen LogP contribution in [0.25, 0.3) is 0 Å². The Labute approximate surface area is 154 Å². The second-order valence-electron chi connectivity index (χ2n) is 6.16. The van der Waals surface area contributed by atoms with Crippen molar-refractivity contribution < 1.29 is 14.6 Å². The number of hydrogen-bond donors (Lipinski definition) is 2. The van der Waals surface area contributed by atoms with E-state index in [1.165, 1.54) is 6.21 Å². The minimum absolute atomic E-state index is 0.132. The van der Waals surface area contributed by atoms with E-state index in [-0.39, 0.29) is 18.3 Å². The van der Waals surface area contributed by atoms with Gasteiger partial charge in [0.2, 0.25) is 0 Å². The van der Waals surface area contributed by atoms with E-state index in [1.54, 1.807) is 12.1 Å². The molecule has 0 spiro atoms. The van der Waals surface area contributed by atoms with Crippen molar-refractivity contribution in [2.75, 3.05) is 6.61 Å². The molecule has 0 aromatic heterocycles. The van der Waals surface area contributed by atoms with Crippen LogP contribution in [0, 0.1) is 20.8 Å². The Kier molecular flexibility index (Phi) is 6.55. The molecule has 0 aliphatic rings. The third-order valence-corrected chi connectivity index (χ3v) is 3.86. The molecule has 5 nitrogen and oxygen atoms in total. The standard InChI is InChI=1S/C21H24N2O3/c1-5-7-17-8-6-9-18(20(17)25)12-22-23-19(24)13-26-21-15(3)10-14(2)11-16(21)4/h5-6,8-12,25H,1,7,13H2,2-4H3,(H,23,24)/b22-12+. The lowest BCUT2D eigenvalue weighted by Crippen LogP contribution is -2.25. The fraction of sp³-hybridized carbons (Fsp3) is 0.238. The minimum atomic E-state index is -0.373. The summed E-state index contributed by atoms with van der Waals surface area (Å²) in [5.41, 5.74) is 6.81. The number of phenols is 1. The van der Waals surface area contributed by atoms with Crippen LogP contribution in [0.4, 0.5) is 0 Å². The van der Waals surface area contributed by atoms with Crippen molar-refractivity contribution in [3.05, 3.63) is 70.8 Å². The Bertz CT molecular complexity index is 818. The third-order valence-electron chi connectivity index (χ3n) is 3.86. The molecule has 0 atom stereocenters.